The Balaban J connectivity index is 2.08. The third kappa shape index (κ3) is 3.59. The van der Waals surface area contributed by atoms with Gasteiger partial charge in [0, 0.05) is 5.56 Å². The maximum atomic E-state index is 12.4. The minimum atomic E-state index is -0.834. The number of rotatable bonds is 5. The fourth-order valence-corrected chi connectivity index (χ4v) is 3.26. The highest BCUT2D eigenvalue weighted by atomic mass is 16.5. The molecule has 5 heteroatoms. The van der Waals surface area contributed by atoms with E-state index in [0.717, 1.165) is 18.4 Å². The number of para-hydroxylation sites is 1. The molecule has 2 atom stereocenters. The van der Waals surface area contributed by atoms with Crippen molar-refractivity contribution in [2.24, 2.45) is 5.92 Å². The van der Waals surface area contributed by atoms with E-state index in [1.807, 2.05) is 31.2 Å². The summed E-state index contributed by atoms with van der Waals surface area (Å²) < 4.78 is 5.25. The van der Waals surface area contributed by atoms with Crippen molar-refractivity contribution in [3.05, 3.63) is 29.8 Å². The number of benzene rings is 1. The first-order chi connectivity index (χ1) is 10.5. The quantitative estimate of drug-likeness (QED) is 0.876. The van der Waals surface area contributed by atoms with Crippen LogP contribution in [0.3, 0.4) is 0 Å². The van der Waals surface area contributed by atoms with Gasteiger partial charge >= 0.3 is 5.97 Å². The predicted octanol–water partition coefficient (Wildman–Crippen LogP) is 2.39. The van der Waals surface area contributed by atoms with E-state index >= 15 is 0 Å². The summed E-state index contributed by atoms with van der Waals surface area (Å²) in [5.74, 6) is -0.857. The maximum Gasteiger partial charge on any atom is 0.308 e. The van der Waals surface area contributed by atoms with E-state index in [1.54, 1.807) is 7.11 Å². The first kappa shape index (κ1) is 16.3. The molecule has 0 spiro atoms. The summed E-state index contributed by atoms with van der Waals surface area (Å²) in [7, 11) is 1.57. The fraction of sp³-hybridized carbons (Fsp3) is 0.529. The SMILES string of the molecule is COc1ccccc1CC(=O)NC1(C)CCCCC1C(=O)O. The van der Waals surface area contributed by atoms with Crippen molar-refractivity contribution in [1.29, 1.82) is 0 Å². The molecule has 0 bridgehead atoms. The minimum absolute atomic E-state index is 0.167. The topological polar surface area (TPSA) is 75.6 Å². The van der Waals surface area contributed by atoms with Crippen LogP contribution in [0.5, 0.6) is 5.75 Å². The van der Waals surface area contributed by atoms with Gasteiger partial charge in [-0.05, 0) is 25.8 Å². The summed E-state index contributed by atoms with van der Waals surface area (Å²) in [4.78, 5) is 23.8. The molecular formula is C17H23NO4. The molecule has 1 amide bonds. The van der Waals surface area contributed by atoms with Gasteiger partial charge in [0.15, 0.2) is 0 Å². The molecule has 2 rings (SSSR count). The number of hydrogen-bond acceptors (Lipinski definition) is 3. The Morgan fingerprint density at radius 1 is 1.36 bits per heavy atom. The molecule has 0 radical (unpaired) electrons. The Morgan fingerprint density at radius 3 is 2.77 bits per heavy atom. The largest absolute Gasteiger partial charge is 0.496 e. The van der Waals surface area contributed by atoms with Crippen molar-refractivity contribution in [1.82, 2.24) is 5.32 Å². The lowest BCUT2D eigenvalue weighted by Gasteiger charge is -2.39. The maximum absolute atomic E-state index is 12.4. The Hall–Kier alpha value is -2.04. The first-order valence-electron chi connectivity index (χ1n) is 7.62. The summed E-state index contributed by atoms with van der Waals surface area (Å²) in [6.45, 7) is 1.84. The number of methoxy groups -OCH3 is 1. The standard InChI is InChI=1S/C17H23NO4/c1-17(10-6-5-8-13(17)16(20)21)18-15(19)11-12-7-3-4-9-14(12)22-2/h3-4,7,9,13H,5-6,8,10-11H2,1-2H3,(H,18,19)(H,20,21). The van der Waals surface area contributed by atoms with E-state index < -0.39 is 17.4 Å². The van der Waals surface area contributed by atoms with E-state index in [0.29, 0.717) is 18.6 Å². The summed E-state index contributed by atoms with van der Waals surface area (Å²) in [5, 5.41) is 12.3. The van der Waals surface area contributed by atoms with E-state index in [1.165, 1.54) is 0 Å². The van der Waals surface area contributed by atoms with Crippen LogP contribution in [0.2, 0.25) is 0 Å². The van der Waals surface area contributed by atoms with Gasteiger partial charge in [-0.25, -0.2) is 0 Å². The number of hydrogen-bond donors (Lipinski definition) is 2. The molecule has 1 fully saturated rings. The zero-order valence-corrected chi connectivity index (χ0v) is 13.1. The van der Waals surface area contributed by atoms with Crippen molar-refractivity contribution >= 4 is 11.9 Å². The van der Waals surface area contributed by atoms with E-state index in [4.69, 9.17) is 4.74 Å². The Bertz CT molecular complexity index is 557. The average Bonchev–Trinajstić information content (AvgIpc) is 2.47. The molecule has 22 heavy (non-hydrogen) atoms. The molecule has 1 aliphatic carbocycles. The van der Waals surface area contributed by atoms with Crippen molar-refractivity contribution in [3.63, 3.8) is 0 Å². The Labute approximate surface area is 130 Å². The monoisotopic (exact) mass is 305 g/mol. The molecule has 1 aromatic carbocycles. The van der Waals surface area contributed by atoms with Gasteiger partial charge in [-0.2, -0.15) is 0 Å². The van der Waals surface area contributed by atoms with Crippen molar-refractivity contribution in [3.8, 4) is 5.75 Å². The van der Waals surface area contributed by atoms with Crippen LogP contribution in [0.15, 0.2) is 24.3 Å². The number of carboxylic acid groups (broad SMARTS) is 1. The number of aliphatic carboxylic acids is 1. The summed E-state index contributed by atoms with van der Waals surface area (Å²) in [6, 6.07) is 7.36. The molecule has 0 aliphatic heterocycles. The lowest BCUT2D eigenvalue weighted by atomic mass is 9.74. The van der Waals surface area contributed by atoms with Gasteiger partial charge in [0.25, 0.3) is 0 Å². The summed E-state index contributed by atoms with van der Waals surface area (Å²) in [5.41, 5.74) is 0.122. The Kier molecular flexibility index (Phi) is 5.06. The molecule has 1 saturated carbocycles. The first-order valence-corrected chi connectivity index (χ1v) is 7.62. The molecule has 1 aliphatic rings. The number of carboxylic acids is 1. The molecular weight excluding hydrogens is 282 g/mol. The molecule has 2 unspecified atom stereocenters. The highest BCUT2D eigenvalue weighted by Crippen LogP contribution is 2.34. The number of carbonyl (C=O) groups excluding carboxylic acids is 1. The lowest BCUT2D eigenvalue weighted by Crippen LogP contribution is -2.55. The van der Waals surface area contributed by atoms with Gasteiger partial charge in [0.05, 0.1) is 25.0 Å². The third-order valence-electron chi connectivity index (χ3n) is 4.47. The normalized spacial score (nSPS) is 24.5. The minimum Gasteiger partial charge on any atom is -0.496 e. The molecule has 1 aromatic rings. The second-order valence-electron chi connectivity index (χ2n) is 6.09. The number of ether oxygens (including phenoxy) is 1. The van der Waals surface area contributed by atoms with Crippen LogP contribution in [0, 0.1) is 5.92 Å². The smallest absolute Gasteiger partial charge is 0.308 e. The average molecular weight is 305 g/mol. The lowest BCUT2D eigenvalue weighted by molar-refractivity contribution is -0.146. The summed E-state index contributed by atoms with van der Waals surface area (Å²) in [6.07, 6.45) is 3.33. The Morgan fingerprint density at radius 2 is 2.09 bits per heavy atom. The highest BCUT2D eigenvalue weighted by Gasteiger charge is 2.42. The van der Waals surface area contributed by atoms with E-state index in [9.17, 15) is 14.7 Å². The van der Waals surface area contributed by atoms with Crippen LogP contribution < -0.4 is 10.1 Å². The summed E-state index contributed by atoms with van der Waals surface area (Å²) >= 11 is 0. The van der Waals surface area contributed by atoms with Gasteiger partial charge in [-0.15, -0.1) is 0 Å². The second kappa shape index (κ2) is 6.81. The van der Waals surface area contributed by atoms with Crippen LogP contribution in [-0.4, -0.2) is 29.6 Å². The molecule has 120 valence electrons. The molecule has 0 heterocycles. The molecule has 0 saturated heterocycles. The van der Waals surface area contributed by atoms with Crippen LogP contribution in [0.25, 0.3) is 0 Å². The number of carbonyl (C=O) groups is 2. The molecule has 5 nitrogen and oxygen atoms in total. The van der Waals surface area contributed by atoms with Crippen molar-refractivity contribution in [2.45, 2.75) is 44.6 Å². The van der Waals surface area contributed by atoms with E-state index in [2.05, 4.69) is 5.32 Å². The van der Waals surface area contributed by atoms with Crippen LogP contribution >= 0.6 is 0 Å². The molecule has 2 N–H and O–H groups in total. The van der Waals surface area contributed by atoms with Crippen LogP contribution in [0.4, 0.5) is 0 Å². The van der Waals surface area contributed by atoms with Crippen LogP contribution in [-0.2, 0) is 16.0 Å². The van der Waals surface area contributed by atoms with Gasteiger partial charge in [0.1, 0.15) is 5.75 Å². The number of amides is 1. The van der Waals surface area contributed by atoms with Crippen LogP contribution in [0.1, 0.15) is 38.2 Å². The van der Waals surface area contributed by atoms with Crippen molar-refractivity contribution in [2.75, 3.05) is 7.11 Å². The van der Waals surface area contributed by atoms with Gasteiger partial charge in [-0.1, -0.05) is 31.0 Å². The number of nitrogens with one attached hydrogen (secondary N) is 1. The van der Waals surface area contributed by atoms with E-state index in [-0.39, 0.29) is 12.3 Å². The highest BCUT2D eigenvalue weighted by molar-refractivity contribution is 5.81. The van der Waals surface area contributed by atoms with Gasteiger partial charge < -0.3 is 15.2 Å². The predicted molar refractivity (Wildman–Crippen MR) is 82.8 cm³/mol. The third-order valence-corrected chi connectivity index (χ3v) is 4.47. The fourth-order valence-electron chi connectivity index (χ4n) is 3.26. The molecule has 0 aromatic heterocycles. The zero-order chi connectivity index (χ0) is 16.2. The van der Waals surface area contributed by atoms with Gasteiger partial charge in [0.2, 0.25) is 5.91 Å². The second-order valence-corrected chi connectivity index (χ2v) is 6.09. The zero-order valence-electron chi connectivity index (χ0n) is 13.1. The van der Waals surface area contributed by atoms with Gasteiger partial charge in [-0.3, -0.25) is 9.59 Å². The van der Waals surface area contributed by atoms with Crippen molar-refractivity contribution < 1.29 is 19.4 Å².